The van der Waals surface area contributed by atoms with Gasteiger partial charge in [-0.3, -0.25) is 9.10 Å². The molecular weight excluding hydrogens is 452 g/mol. The normalized spacial score (nSPS) is 11.5. The van der Waals surface area contributed by atoms with Crippen molar-refractivity contribution in [1.82, 2.24) is 5.32 Å². The van der Waals surface area contributed by atoms with Crippen LogP contribution < -0.4 is 9.62 Å². The molecule has 0 fully saturated rings. The van der Waals surface area contributed by atoms with Crippen molar-refractivity contribution in [2.45, 2.75) is 6.92 Å². The molecule has 0 bridgehead atoms. The average Bonchev–Trinajstić information content (AvgIpc) is 3.20. The lowest BCUT2D eigenvalue weighted by Gasteiger charge is -2.24. The number of amides is 1. The van der Waals surface area contributed by atoms with Crippen molar-refractivity contribution in [1.29, 1.82) is 0 Å². The van der Waals surface area contributed by atoms with Gasteiger partial charge in [-0.05, 0) is 18.6 Å². The second-order valence-corrected chi connectivity index (χ2v) is 9.95. The maximum Gasteiger partial charge on any atom is 0.255 e. The van der Waals surface area contributed by atoms with Gasteiger partial charge < -0.3 is 14.8 Å². The van der Waals surface area contributed by atoms with Gasteiger partial charge in [-0.15, -0.1) is 0 Å². The summed E-state index contributed by atoms with van der Waals surface area (Å²) in [6.07, 6.45) is 1.09. The van der Waals surface area contributed by atoms with Crippen molar-refractivity contribution in [2.75, 3.05) is 30.8 Å². The quantitative estimate of drug-likeness (QED) is 0.415. The van der Waals surface area contributed by atoms with Crippen molar-refractivity contribution >= 4 is 32.6 Å². The number of hydrogen-bond donors (Lipinski definition) is 2. The molecule has 0 atom stereocenters. The third-order valence-electron chi connectivity index (χ3n) is 5.63. The largest absolute Gasteiger partial charge is 0.455 e. The molecule has 3 aromatic carbocycles. The molecular formula is C26H26N2O5S. The molecule has 1 amide bonds. The molecule has 7 nitrogen and oxygen atoms in total. The SMILES string of the molecule is CNC(=O)c1c(-c2ccc(C)cc2)oc2cc(N(CCO)S(C)(=O)=O)c(-c3ccccc3)cc12. The second-order valence-electron chi connectivity index (χ2n) is 8.04. The minimum absolute atomic E-state index is 0.113. The smallest absolute Gasteiger partial charge is 0.255 e. The molecule has 0 radical (unpaired) electrons. The zero-order valence-corrected chi connectivity index (χ0v) is 20.0. The van der Waals surface area contributed by atoms with E-state index in [4.69, 9.17) is 4.42 Å². The minimum Gasteiger partial charge on any atom is -0.455 e. The van der Waals surface area contributed by atoms with Crippen LogP contribution in [0.2, 0.25) is 0 Å². The molecule has 1 heterocycles. The Morgan fingerprint density at radius 2 is 1.71 bits per heavy atom. The monoisotopic (exact) mass is 478 g/mol. The zero-order valence-electron chi connectivity index (χ0n) is 19.2. The van der Waals surface area contributed by atoms with Crippen LogP contribution in [0.5, 0.6) is 0 Å². The Morgan fingerprint density at radius 3 is 2.29 bits per heavy atom. The number of aryl methyl sites for hydroxylation is 1. The Balaban J connectivity index is 2.08. The van der Waals surface area contributed by atoms with Crippen molar-refractivity contribution in [3.05, 3.63) is 77.9 Å². The van der Waals surface area contributed by atoms with Crippen molar-refractivity contribution in [2.24, 2.45) is 0 Å². The van der Waals surface area contributed by atoms with Gasteiger partial charge >= 0.3 is 0 Å². The summed E-state index contributed by atoms with van der Waals surface area (Å²) >= 11 is 0. The van der Waals surface area contributed by atoms with Gasteiger partial charge in [-0.1, -0.05) is 60.2 Å². The van der Waals surface area contributed by atoms with E-state index < -0.39 is 10.0 Å². The first-order valence-electron chi connectivity index (χ1n) is 10.8. The third kappa shape index (κ3) is 4.42. The van der Waals surface area contributed by atoms with E-state index in [1.165, 1.54) is 0 Å². The van der Waals surface area contributed by atoms with Gasteiger partial charge in [-0.2, -0.15) is 0 Å². The highest BCUT2D eigenvalue weighted by atomic mass is 32.2. The van der Waals surface area contributed by atoms with Crippen molar-refractivity contribution < 1.29 is 22.7 Å². The van der Waals surface area contributed by atoms with Gasteiger partial charge in [0, 0.05) is 29.6 Å². The second kappa shape index (κ2) is 9.32. The maximum atomic E-state index is 13.0. The molecule has 0 saturated heterocycles. The Hall–Kier alpha value is -3.62. The van der Waals surface area contributed by atoms with Crippen LogP contribution in [0, 0.1) is 6.92 Å². The standard InChI is InChI=1S/C26H26N2O5S/c1-17-9-11-19(12-10-17)25-24(26(30)27-2)21-15-20(18-7-5-4-6-8-18)22(16-23(21)33-25)28(13-14-29)34(3,31)32/h4-12,15-16,29H,13-14H2,1-3H3,(H,27,30). The fourth-order valence-electron chi connectivity index (χ4n) is 4.00. The number of furan rings is 1. The molecule has 34 heavy (non-hydrogen) atoms. The Kier molecular flexibility index (Phi) is 6.45. The number of carbonyl (C=O) groups is 1. The summed E-state index contributed by atoms with van der Waals surface area (Å²) in [5.74, 6) is 0.0926. The summed E-state index contributed by atoms with van der Waals surface area (Å²) < 4.78 is 32.6. The zero-order chi connectivity index (χ0) is 24.5. The highest BCUT2D eigenvalue weighted by Crippen LogP contribution is 2.41. The lowest BCUT2D eigenvalue weighted by molar-refractivity contribution is 0.0964. The van der Waals surface area contributed by atoms with Crippen LogP contribution in [0.25, 0.3) is 33.4 Å². The highest BCUT2D eigenvalue weighted by Gasteiger charge is 2.27. The number of anilines is 1. The van der Waals surface area contributed by atoms with Crippen molar-refractivity contribution in [3.8, 4) is 22.5 Å². The number of nitrogens with one attached hydrogen (secondary N) is 1. The van der Waals surface area contributed by atoms with Crippen LogP contribution in [0.3, 0.4) is 0 Å². The Labute approximate surface area is 198 Å². The van der Waals surface area contributed by atoms with Gasteiger partial charge in [0.15, 0.2) is 0 Å². The summed E-state index contributed by atoms with van der Waals surface area (Å²) in [5.41, 5.74) is 4.29. The van der Waals surface area contributed by atoms with Crippen LogP contribution in [-0.2, 0) is 10.0 Å². The van der Waals surface area contributed by atoms with Crippen LogP contribution in [-0.4, -0.2) is 45.9 Å². The summed E-state index contributed by atoms with van der Waals surface area (Å²) in [7, 11) is -2.15. The number of nitrogens with zero attached hydrogens (tertiary/aromatic N) is 1. The first kappa shape index (κ1) is 23.5. The Bertz CT molecular complexity index is 1440. The molecule has 0 aliphatic carbocycles. The molecule has 2 N–H and O–H groups in total. The van der Waals surface area contributed by atoms with Crippen LogP contribution in [0.15, 0.2) is 71.1 Å². The molecule has 4 aromatic rings. The lowest BCUT2D eigenvalue weighted by atomic mass is 9.98. The van der Waals surface area contributed by atoms with E-state index in [9.17, 15) is 18.3 Å². The number of fused-ring (bicyclic) bond motifs is 1. The first-order chi connectivity index (χ1) is 16.2. The van der Waals surface area contributed by atoms with E-state index >= 15 is 0 Å². The molecule has 0 spiro atoms. The predicted octanol–water partition coefficient (Wildman–Crippen LogP) is 4.19. The van der Waals surface area contributed by atoms with Crippen LogP contribution >= 0.6 is 0 Å². The van der Waals surface area contributed by atoms with Gasteiger partial charge in [0.25, 0.3) is 5.91 Å². The van der Waals surface area contributed by atoms with E-state index in [1.807, 2.05) is 61.5 Å². The Morgan fingerprint density at radius 1 is 1.03 bits per heavy atom. The van der Waals surface area contributed by atoms with Gasteiger partial charge in [0.05, 0.1) is 30.7 Å². The van der Waals surface area contributed by atoms with Crippen LogP contribution in [0.4, 0.5) is 5.69 Å². The highest BCUT2D eigenvalue weighted by molar-refractivity contribution is 7.92. The molecule has 8 heteroatoms. The lowest BCUT2D eigenvalue weighted by Crippen LogP contribution is -2.33. The number of aliphatic hydroxyl groups excluding tert-OH is 1. The van der Waals surface area contributed by atoms with Crippen molar-refractivity contribution in [3.63, 3.8) is 0 Å². The number of sulfonamides is 1. The van der Waals surface area contributed by atoms with E-state index in [1.54, 1.807) is 19.2 Å². The average molecular weight is 479 g/mol. The van der Waals surface area contributed by atoms with E-state index in [0.29, 0.717) is 33.5 Å². The molecule has 0 unspecified atom stereocenters. The number of hydrogen-bond acceptors (Lipinski definition) is 5. The number of rotatable bonds is 7. The summed E-state index contributed by atoms with van der Waals surface area (Å²) in [6.45, 7) is 1.51. The topological polar surface area (TPSA) is 99.8 Å². The predicted molar refractivity (Wildman–Crippen MR) is 134 cm³/mol. The van der Waals surface area contributed by atoms with Crippen LogP contribution in [0.1, 0.15) is 15.9 Å². The van der Waals surface area contributed by atoms with Gasteiger partial charge in [0.2, 0.25) is 10.0 Å². The maximum absolute atomic E-state index is 13.0. The summed E-state index contributed by atoms with van der Waals surface area (Å²) in [6, 6.07) is 20.3. The number of benzene rings is 3. The molecule has 0 aliphatic rings. The fourth-order valence-corrected chi connectivity index (χ4v) is 4.92. The number of aliphatic hydroxyl groups is 1. The molecule has 0 aliphatic heterocycles. The number of carbonyl (C=O) groups excluding carboxylic acids is 1. The van der Waals surface area contributed by atoms with E-state index in [2.05, 4.69) is 5.32 Å². The third-order valence-corrected chi connectivity index (χ3v) is 6.81. The van der Waals surface area contributed by atoms with Gasteiger partial charge in [0.1, 0.15) is 11.3 Å². The summed E-state index contributed by atoms with van der Waals surface area (Å²) in [4.78, 5) is 13.0. The fraction of sp³-hybridized carbons (Fsp3) is 0.192. The molecule has 4 rings (SSSR count). The van der Waals surface area contributed by atoms with E-state index in [0.717, 1.165) is 27.3 Å². The molecule has 176 valence electrons. The molecule has 1 aromatic heterocycles. The minimum atomic E-state index is -3.71. The molecule has 0 saturated carbocycles. The van der Waals surface area contributed by atoms with Gasteiger partial charge in [-0.25, -0.2) is 8.42 Å². The first-order valence-corrected chi connectivity index (χ1v) is 12.6. The van der Waals surface area contributed by atoms with E-state index in [-0.39, 0.29) is 19.1 Å². The summed E-state index contributed by atoms with van der Waals surface area (Å²) in [5, 5.41) is 12.8.